The predicted molar refractivity (Wildman–Crippen MR) is 79.9 cm³/mol. The Balaban J connectivity index is 2.18. The maximum absolute atomic E-state index is 12.0. The SMILES string of the molecule is N#Cc1cccc(C[C@@H](C(=O)O)N2CC(CBr)CC2=O)c1. The maximum atomic E-state index is 12.0. The Hall–Kier alpha value is -1.87. The molecule has 1 aliphatic heterocycles. The number of rotatable bonds is 5. The van der Waals surface area contributed by atoms with Gasteiger partial charge in [-0.05, 0) is 23.6 Å². The van der Waals surface area contributed by atoms with Crippen molar-refractivity contribution in [2.75, 3.05) is 11.9 Å². The summed E-state index contributed by atoms with van der Waals surface area (Å²) in [6.45, 7) is 0.457. The van der Waals surface area contributed by atoms with Gasteiger partial charge in [-0.1, -0.05) is 28.1 Å². The van der Waals surface area contributed by atoms with Crippen molar-refractivity contribution in [3.63, 3.8) is 0 Å². The largest absolute Gasteiger partial charge is 0.480 e. The Morgan fingerprint density at radius 2 is 2.33 bits per heavy atom. The highest BCUT2D eigenvalue weighted by Crippen LogP contribution is 2.23. The van der Waals surface area contributed by atoms with E-state index in [2.05, 4.69) is 15.9 Å². The molecule has 0 radical (unpaired) electrons. The fourth-order valence-corrected chi connectivity index (χ4v) is 2.97. The van der Waals surface area contributed by atoms with E-state index in [1.54, 1.807) is 24.3 Å². The van der Waals surface area contributed by atoms with Gasteiger partial charge in [0.15, 0.2) is 0 Å². The van der Waals surface area contributed by atoms with Crippen LogP contribution in [0, 0.1) is 17.2 Å². The van der Waals surface area contributed by atoms with Crippen molar-refractivity contribution >= 4 is 27.8 Å². The first-order chi connectivity index (χ1) is 10.0. The van der Waals surface area contributed by atoms with Crippen LogP contribution in [0.15, 0.2) is 24.3 Å². The average molecular weight is 351 g/mol. The minimum absolute atomic E-state index is 0.122. The molecule has 1 aromatic carbocycles. The fraction of sp³-hybridized carbons (Fsp3) is 0.400. The molecule has 1 aliphatic rings. The number of nitrogens with zero attached hydrogens (tertiary/aromatic N) is 2. The summed E-state index contributed by atoms with van der Waals surface area (Å²) in [5.41, 5.74) is 1.24. The summed E-state index contributed by atoms with van der Waals surface area (Å²) in [5, 5.41) is 19.0. The molecular weight excluding hydrogens is 336 g/mol. The van der Waals surface area contributed by atoms with Gasteiger partial charge in [0.25, 0.3) is 0 Å². The zero-order valence-electron chi connectivity index (χ0n) is 11.3. The molecule has 1 saturated heterocycles. The molecule has 21 heavy (non-hydrogen) atoms. The molecule has 1 aromatic rings. The van der Waals surface area contributed by atoms with Gasteiger partial charge in [-0.2, -0.15) is 5.26 Å². The van der Waals surface area contributed by atoms with Gasteiger partial charge in [0.2, 0.25) is 5.91 Å². The van der Waals surface area contributed by atoms with Gasteiger partial charge >= 0.3 is 5.97 Å². The topological polar surface area (TPSA) is 81.4 Å². The maximum Gasteiger partial charge on any atom is 0.326 e. The van der Waals surface area contributed by atoms with Crippen molar-refractivity contribution in [3.05, 3.63) is 35.4 Å². The quantitative estimate of drug-likeness (QED) is 0.821. The van der Waals surface area contributed by atoms with E-state index in [9.17, 15) is 14.7 Å². The van der Waals surface area contributed by atoms with Gasteiger partial charge in [0.1, 0.15) is 6.04 Å². The highest BCUT2D eigenvalue weighted by molar-refractivity contribution is 9.09. The molecule has 1 amide bonds. The van der Waals surface area contributed by atoms with Gasteiger partial charge in [-0.15, -0.1) is 0 Å². The Labute approximate surface area is 131 Å². The summed E-state index contributed by atoms with van der Waals surface area (Å²) in [6, 6.07) is 7.98. The van der Waals surface area contributed by atoms with Crippen molar-refractivity contribution in [2.45, 2.75) is 18.9 Å². The van der Waals surface area contributed by atoms with Crippen LogP contribution >= 0.6 is 15.9 Å². The molecule has 1 fully saturated rings. The predicted octanol–water partition coefficient (Wildman–Crippen LogP) is 1.80. The standard InChI is InChI=1S/C15H15BrN2O3/c16-7-12-6-14(19)18(9-12)13(15(20)21)5-10-2-1-3-11(4-10)8-17/h1-4,12-13H,5-7,9H2,(H,20,21)/t12?,13-/m0/s1. The van der Waals surface area contributed by atoms with Gasteiger partial charge < -0.3 is 10.0 Å². The number of likely N-dealkylation sites (tertiary alicyclic amines) is 1. The van der Waals surface area contributed by atoms with Gasteiger partial charge in [-0.25, -0.2) is 4.79 Å². The first-order valence-corrected chi connectivity index (χ1v) is 7.74. The van der Waals surface area contributed by atoms with Gasteiger partial charge in [0, 0.05) is 24.7 Å². The lowest BCUT2D eigenvalue weighted by Crippen LogP contribution is -2.43. The number of benzene rings is 1. The summed E-state index contributed by atoms with van der Waals surface area (Å²) in [4.78, 5) is 24.9. The van der Waals surface area contributed by atoms with E-state index in [-0.39, 0.29) is 18.2 Å². The molecule has 1 unspecified atom stereocenters. The Morgan fingerprint density at radius 1 is 1.57 bits per heavy atom. The van der Waals surface area contributed by atoms with Crippen LogP contribution in [-0.4, -0.2) is 39.8 Å². The highest BCUT2D eigenvalue weighted by atomic mass is 79.9. The lowest BCUT2D eigenvalue weighted by Gasteiger charge is -2.24. The summed E-state index contributed by atoms with van der Waals surface area (Å²) in [7, 11) is 0. The minimum atomic E-state index is -1.01. The Kier molecular flexibility index (Phi) is 4.97. The molecule has 0 bridgehead atoms. The second-order valence-electron chi connectivity index (χ2n) is 5.14. The molecule has 5 nitrogen and oxygen atoms in total. The molecule has 1 N–H and O–H groups in total. The molecule has 0 spiro atoms. The second kappa shape index (κ2) is 6.72. The Morgan fingerprint density at radius 3 is 2.90 bits per heavy atom. The number of carboxylic acid groups (broad SMARTS) is 1. The molecule has 0 aromatic heterocycles. The first-order valence-electron chi connectivity index (χ1n) is 6.62. The third-order valence-electron chi connectivity index (χ3n) is 3.60. The minimum Gasteiger partial charge on any atom is -0.480 e. The third kappa shape index (κ3) is 3.61. The number of carboxylic acids is 1. The smallest absolute Gasteiger partial charge is 0.326 e. The zero-order valence-corrected chi connectivity index (χ0v) is 12.9. The van der Waals surface area contributed by atoms with Crippen molar-refractivity contribution in [2.24, 2.45) is 5.92 Å². The van der Waals surface area contributed by atoms with Crippen molar-refractivity contribution in [1.82, 2.24) is 4.90 Å². The summed E-state index contributed by atoms with van der Waals surface area (Å²) >= 11 is 3.34. The van der Waals surface area contributed by atoms with Crippen LogP contribution in [-0.2, 0) is 16.0 Å². The number of aliphatic carboxylic acids is 1. The third-order valence-corrected chi connectivity index (χ3v) is 4.52. The van der Waals surface area contributed by atoms with E-state index in [1.165, 1.54) is 4.90 Å². The summed E-state index contributed by atoms with van der Waals surface area (Å²) in [5.74, 6) is -0.978. The van der Waals surface area contributed by atoms with Crippen molar-refractivity contribution in [1.29, 1.82) is 5.26 Å². The van der Waals surface area contributed by atoms with Crippen LogP contribution in [0.2, 0.25) is 0 Å². The second-order valence-corrected chi connectivity index (χ2v) is 5.79. The van der Waals surface area contributed by atoms with Crippen molar-refractivity contribution < 1.29 is 14.7 Å². The molecule has 6 heteroatoms. The van der Waals surface area contributed by atoms with Crippen LogP contribution in [0.25, 0.3) is 0 Å². The highest BCUT2D eigenvalue weighted by Gasteiger charge is 2.37. The van der Waals surface area contributed by atoms with Crippen molar-refractivity contribution in [3.8, 4) is 6.07 Å². The fourth-order valence-electron chi connectivity index (χ4n) is 2.54. The average Bonchev–Trinajstić information content (AvgIpc) is 2.85. The Bertz CT molecular complexity index is 597. The van der Waals surface area contributed by atoms with Crippen LogP contribution in [0.3, 0.4) is 0 Å². The van der Waals surface area contributed by atoms with Crippen LogP contribution in [0.5, 0.6) is 0 Å². The van der Waals surface area contributed by atoms with Crippen LogP contribution < -0.4 is 0 Å². The normalized spacial score (nSPS) is 19.3. The number of halogens is 1. The lowest BCUT2D eigenvalue weighted by atomic mass is 10.0. The summed E-state index contributed by atoms with van der Waals surface area (Å²) in [6.07, 6.45) is 0.596. The van der Waals surface area contributed by atoms with E-state index in [0.717, 1.165) is 5.56 Å². The number of carbonyl (C=O) groups is 2. The van der Waals surface area contributed by atoms with E-state index < -0.39 is 12.0 Å². The number of carbonyl (C=O) groups excluding carboxylic acids is 1. The van der Waals surface area contributed by atoms with Crippen LogP contribution in [0.1, 0.15) is 17.5 Å². The van der Waals surface area contributed by atoms with Gasteiger partial charge in [0.05, 0.1) is 11.6 Å². The molecule has 0 aliphatic carbocycles. The molecule has 0 saturated carbocycles. The van der Waals surface area contributed by atoms with E-state index in [0.29, 0.717) is 23.9 Å². The number of nitriles is 1. The molecule has 1 heterocycles. The van der Waals surface area contributed by atoms with Gasteiger partial charge in [-0.3, -0.25) is 4.79 Å². The lowest BCUT2D eigenvalue weighted by molar-refractivity contribution is -0.148. The molecule has 2 rings (SSSR count). The number of alkyl halides is 1. The zero-order chi connectivity index (χ0) is 15.4. The monoisotopic (exact) mass is 350 g/mol. The van der Waals surface area contributed by atoms with E-state index in [4.69, 9.17) is 5.26 Å². The number of hydrogen-bond acceptors (Lipinski definition) is 3. The van der Waals surface area contributed by atoms with E-state index >= 15 is 0 Å². The molecule has 2 atom stereocenters. The number of amides is 1. The molecular formula is C15H15BrN2O3. The molecule has 110 valence electrons. The number of hydrogen-bond donors (Lipinski definition) is 1. The van der Waals surface area contributed by atoms with E-state index in [1.807, 2.05) is 6.07 Å². The first kappa shape index (κ1) is 15.5. The summed E-state index contributed by atoms with van der Waals surface area (Å²) < 4.78 is 0. The van der Waals surface area contributed by atoms with Crippen LogP contribution in [0.4, 0.5) is 0 Å².